The molecule has 7 nitrogen and oxygen atoms in total. The van der Waals surface area contributed by atoms with Gasteiger partial charge in [-0.2, -0.15) is 0 Å². The lowest BCUT2D eigenvalue weighted by Gasteiger charge is -2.42. The van der Waals surface area contributed by atoms with Crippen LogP contribution in [0.1, 0.15) is 54.3 Å². The van der Waals surface area contributed by atoms with E-state index in [1.54, 1.807) is 4.90 Å². The molecule has 0 saturated carbocycles. The van der Waals surface area contributed by atoms with Crippen LogP contribution in [0, 0.1) is 21.4 Å². The Hall–Kier alpha value is -2.44. The highest BCUT2D eigenvalue weighted by molar-refractivity contribution is 5.98. The van der Waals surface area contributed by atoms with Crippen molar-refractivity contribution in [3.63, 3.8) is 0 Å². The maximum Gasteiger partial charge on any atom is 0.335 e. The Morgan fingerprint density at radius 1 is 1.21 bits per heavy atom. The average Bonchev–Trinajstić information content (AvgIpc) is 2.54. The molecule has 0 aromatic heterocycles. The normalized spacial score (nSPS) is 16.9. The fraction of sp³-hybridized carbons (Fsp3) is 0.529. The van der Waals surface area contributed by atoms with Gasteiger partial charge in [0.05, 0.1) is 10.5 Å². The van der Waals surface area contributed by atoms with Crippen LogP contribution >= 0.6 is 0 Å². The number of amides is 1. The van der Waals surface area contributed by atoms with Crippen molar-refractivity contribution in [3.05, 3.63) is 39.4 Å². The summed E-state index contributed by atoms with van der Waals surface area (Å²) in [6, 6.07) is 3.31. The number of aromatic carboxylic acids is 1. The summed E-state index contributed by atoms with van der Waals surface area (Å²) in [7, 11) is 0. The zero-order valence-electron chi connectivity index (χ0n) is 14.1. The van der Waals surface area contributed by atoms with Crippen LogP contribution in [0.25, 0.3) is 0 Å². The molecular weight excluding hydrogens is 312 g/mol. The number of carbonyl (C=O) groups excluding carboxylic acids is 1. The molecule has 0 atom stereocenters. The smallest absolute Gasteiger partial charge is 0.335 e. The number of non-ortho nitro benzene ring substituents is 1. The zero-order chi connectivity index (χ0) is 18.1. The van der Waals surface area contributed by atoms with Crippen molar-refractivity contribution >= 4 is 17.6 Å². The van der Waals surface area contributed by atoms with Gasteiger partial charge in [-0.05, 0) is 30.2 Å². The van der Waals surface area contributed by atoms with Crippen LogP contribution in [0.2, 0.25) is 0 Å². The van der Waals surface area contributed by atoms with E-state index in [0.717, 1.165) is 25.0 Å². The molecule has 0 bridgehead atoms. The molecule has 1 aliphatic heterocycles. The molecule has 7 heteroatoms. The predicted octanol–water partition coefficient (Wildman–Crippen LogP) is 3.19. The van der Waals surface area contributed by atoms with Gasteiger partial charge in [-0.15, -0.1) is 0 Å². The second-order valence-electron chi connectivity index (χ2n) is 6.93. The molecule has 0 unspecified atom stereocenters. The highest BCUT2D eigenvalue weighted by Gasteiger charge is 2.34. The van der Waals surface area contributed by atoms with Gasteiger partial charge in [0.15, 0.2) is 0 Å². The monoisotopic (exact) mass is 334 g/mol. The number of nitro benzene ring substituents is 1. The summed E-state index contributed by atoms with van der Waals surface area (Å²) in [5.41, 5.74) is -0.417. The van der Waals surface area contributed by atoms with Gasteiger partial charge in [0.1, 0.15) is 0 Å². The molecule has 1 aromatic rings. The Bertz CT molecular complexity index is 643. The van der Waals surface area contributed by atoms with E-state index in [4.69, 9.17) is 5.11 Å². The van der Waals surface area contributed by atoms with Crippen molar-refractivity contribution < 1.29 is 19.6 Å². The third kappa shape index (κ3) is 3.55. The van der Waals surface area contributed by atoms with Gasteiger partial charge in [0.25, 0.3) is 11.6 Å². The Balaban J connectivity index is 2.24. The summed E-state index contributed by atoms with van der Waals surface area (Å²) < 4.78 is 0. The summed E-state index contributed by atoms with van der Waals surface area (Å²) in [5, 5.41) is 20.1. The van der Waals surface area contributed by atoms with Gasteiger partial charge < -0.3 is 10.0 Å². The van der Waals surface area contributed by atoms with Crippen LogP contribution < -0.4 is 0 Å². The molecule has 0 spiro atoms. The molecule has 24 heavy (non-hydrogen) atoms. The molecule has 1 aliphatic rings. The quantitative estimate of drug-likeness (QED) is 0.673. The molecule has 1 saturated heterocycles. The van der Waals surface area contributed by atoms with Gasteiger partial charge in [-0.25, -0.2) is 4.79 Å². The fourth-order valence-electron chi connectivity index (χ4n) is 2.94. The van der Waals surface area contributed by atoms with Crippen molar-refractivity contribution in [2.45, 2.75) is 33.6 Å². The minimum atomic E-state index is -1.29. The fourth-order valence-corrected chi connectivity index (χ4v) is 2.94. The van der Waals surface area contributed by atoms with Crippen molar-refractivity contribution in [2.75, 3.05) is 13.1 Å². The average molecular weight is 334 g/mol. The Morgan fingerprint density at radius 2 is 1.75 bits per heavy atom. The molecular formula is C17H22N2O5. The SMILES string of the molecule is CC(C)C1(C)CCN(C(=O)c2cc(C(=O)O)cc([N+](=O)[O-])c2)CC1. The van der Waals surface area contributed by atoms with Gasteiger partial charge >= 0.3 is 5.97 Å². The number of hydrogen-bond acceptors (Lipinski definition) is 4. The van der Waals surface area contributed by atoms with Crippen molar-refractivity contribution in [3.8, 4) is 0 Å². The lowest BCUT2D eigenvalue weighted by atomic mass is 9.72. The minimum Gasteiger partial charge on any atom is -0.478 e. The topological polar surface area (TPSA) is 101 Å². The van der Waals surface area contributed by atoms with Gasteiger partial charge in [0.2, 0.25) is 0 Å². The summed E-state index contributed by atoms with van der Waals surface area (Å²) in [6.07, 6.45) is 1.72. The Labute approximate surface area is 140 Å². The second-order valence-corrected chi connectivity index (χ2v) is 6.93. The number of carbonyl (C=O) groups is 2. The van der Waals surface area contributed by atoms with E-state index in [2.05, 4.69) is 20.8 Å². The van der Waals surface area contributed by atoms with Gasteiger partial charge in [-0.1, -0.05) is 20.8 Å². The zero-order valence-corrected chi connectivity index (χ0v) is 14.1. The van der Waals surface area contributed by atoms with E-state index in [1.807, 2.05) is 0 Å². The molecule has 1 heterocycles. The Kier molecular flexibility index (Phi) is 4.91. The maximum atomic E-state index is 12.6. The van der Waals surface area contributed by atoms with Crippen LogP contribution in [0.3, 0.4) is 0 Å². The first kappa shape index (κ1) is 17.9. The standard InChI is InChI=1S/C17H22N2O5/c1-11(2)17(3)4-6-18(7-5-17)15(20)12-8-13(16(21)22)10-14(9-12)19(23)24/h8-11H,4-7H2,1-3H3,(H,21,22). The number of piperidine rings is 1. The summed E-state index contributed by atoms with van der Waals surface area (Å²) in [6.45, 7) is 7.67. The molecule has 130 valence electrons. The molecule has 0 aliphatic carbocycles. The van der Waals surface area contributed by atoms with E-state index in [0.29, 0.717) is 19.0 Å². The number of hydrogen-bond donors (Lipinski definition) is 1. The number of benzene rings is 1. The largest absolute Gasteiger partial charge is 0.478 e. The number of nitrogens with zero attached hydrogens (tertiary/aromatic N) is 2. The molecule has 0 radical (unpaired) electrons. The molecule has 1 amide bonds. The van der Waals surface area contributed by atoms with Crippen molar-refractivity contribution in [1.82, 2.24) is 4.90 Å². The molecule has 2 rings (SSSR count). The first-order chi connectivity index (χ1) is 11.1. The summed E-state index contributed by atoms with van der Waals surface area (Å²) in [4.78, 5) is 35.7. The third-order valence-electron chi connectivity index (χ3n) is 5.21. The van der Waals surface area contributed by atoms with E-state index < -0.39 is 10.9 Å². The van der Waals surface area contributed by atoms with Crippen molar-refractivity contribution in [1.29, 1.82) is 0 Å². The van der Waals surface area contributed by atoms with Crippen LogP contribution in [0.4, 0.5) is 5.69 Å². The van der Waals surface area contributed by atoms with E-state index in [-0.39, 0.29) is 28.1 Å². The lowest BCUT2D eigenvalue weighted by Crippen LogP contribution is -2.44. The maximum absolute atomic E-state index is 12.6. The molecule has 1 N–H and O–H groups in total. The number of carboxylic acids is 1. The lowest BCUT2D eigenvalue weighted by molar-refractivity contribution is -0.384. The third-order valence-corrected chi connectivity index (χ3v) is 5.21. The van der Waals surface area contributed by atoms with E-state index in [1.165, 1.54) is 6.07 Å². The first-order valence-electron chi connectivity index (χ1n) is 7.96. The van der Waals surface area contributed by atoms with E-state index >= 15 is 0 Å². The number of likely N-dealkylation sites (tertiary alicyclic amines) is 1. The highest BCUT2D eigenvalue weighted by atomic mass is 16.6. The van der Waals surface area contributed by atoms with Gasteiger partial charge in [-0.3, -0.25) is 14.9 Å². The first-order valence-corrected chi connectivity index (χ1v) is 7.96. The molecule has 1 fully saturated rings. The van der Waals surface area contributed by atoms with E-state index in [9.17, 15) is 19.7 Å². The number of nitro groups is 1. The minimum absolute atomic E-state index is 0.0507. The van der Waals surface area contributed by atoms with Gasteiger partial charge in [0, 0.05) is 30.8 Å². The number of rotatable bonds is 4. The summed E-state index contributed by atoms with van der Waals surface area (Å²) >= 11 is 0. The summed E-state index contributed by atoms with van der Waals surface area (Å²) in [5.74, 6) is -1.14. The highest BCUT2D eigenvalue weighted by Crippen LogP contribution is 2.38. The Morgan fingerprint density at radius 3 is 2.21 bits per heavy atom. The number of carboxylic acid groups (broad SMARTS) is 1. The van der Waals surface area contributed by atoms with Crippen LogP contribution in [-0.2, 0) is 0 Å². The molecule has 1 aromatic carbocycles. The predicted molar refractivity (Wildman–Crippen MR) is 88.1 cm³/mol. The van der Waals surface area contributed by atoms with Crippen LogP contribution in [-0.4, -0.2) is 39.9 Å². The second kappa shape index (κ2) is 6.59. The van der Waals surface area contributed by atoms with Crippen molar-refractivity contribution in [2.24, 2.45) is 11.3 Å². The van der Waals surface area contributed by atoms with Crippen LogP contribution in [0.15, 0.2) is 18.2 Å². The van der Waals surface area contributed by atoms with Crippen LogP contribution in [0.5, 0.6) is 0 Å².